The maximum absolute atomic E-state index is 13.8. The lowest BCUT2D eigenvalue weighted by Crippen LogP contribution is -2.11. The third kappa shape index (κ3) is 3.92. The van der Waals surface area contributed by atoms with Gasteiger partial charge in [-0.05, 0) is 40.1 Å². The van der Waals surface area contributed by atoms with Crippen LogP contribution in [-0.4, -0.2) is 9.55 Å². The van der Waals surface area contributed by atoms with Crippen molar-refractivity contribution in [2.45, 2.75) is 12.6 Å². The van der Waals surface area contributed by atoms with Crippen molar-refractivity contribution < 1.29 is 9.13 Å². The number of imidazole rings is 1. The SMILES string of the molecule is Fc1ccccc1COc1ccc(C(c2cccc3ccccc23)n2ccnc2)cc1. The Morgan fingerprint density at radius 3 is 2.42 bits per heavy atom. The fourth-order valence-corrected chi connectivity index (χ4v) is 3.95. The number of nitrogens with zero attached hydrogens (tertiary/aromatic N) is 2. The van der Waals surface area contributed by atoms with Crippen LogP contribution >= 0.6 is 0 Å². The number of aromatic nitrogens is 2. The Morgan fingerprint density at radius 1 is 0.839 bits per heavy atom. The molecule has 5 rings (SSSR count). The van der Waals surface area contributed by atoms with Gasteiger partial charge in [0.25, 0.3) is 0 Å². The molecule has 0 aliphatic carbocycles. The van der Waals surface area contributed by atoms with Crippen LogP contribution in [0.5, 0.6) is 5.75 Å². The van der Waals surface area contributed by atoms with Crippen LogP contribution in [0.3, 0.4) is 0 Å². The maximum atomic E-state index is 13.8. The Bertz CT molecular complexity index is 1290. The zero-order valence-corrected chi connectivity index (χ0v) is 16.9. The van der Waals surface area contributed by atoms with Gasteiger partial charge in [0, 0.05) is 18.0 Å². The van der Waals surface area contributed by atoms with Crippen LogP contribution in [0, 0.1) is 5.82 Å². The summed E-state index contributed by atoms with van der Waals surface area (Å²) in [6.07, 6.45) is 5.62. The lowest BCUT2D eigenvalue weighted by atomic mass is 9.93. The van der Waals surface area contributed by atoms with Gasteiger partial charge in [0.15, 0.2) is 0 Å². The molecule has 0 saturated heterocycles. The van der Waals surface area contributed by atoms with E-state index in [2.05, 4.69) is 64.1 Å². The summed E-state index contributed by atoms with van der Waals surface area (Å²) in [7, 11) is 0. The second-order valence-electron chi connectivity index (χ2n) is 7.43. The molecule has 3 nitrogen and oxygen atoms in total. The number of hydrogen-bond donors (Lipinski definition) is 0. The van der Waals surface area contributed by atoms with Gasteiger partial charge in [0.2, 0.25) is 0 Å². The highest BCUT2D eigenvalue weighted by atomic mass is 19.1. The van der Waals surface area contributed by atoms with E-state index in [1.165, 1.54) is 22.4 Å². The molecule has 1 atom stereocenters. The van der Waals surface area contributed by atoms with E-state index in [0.717, 1.165) is 5.56 Å². The quantitative estimate of drug-likeness (QED) is 0.325. The summed E-state index contributed by atoms with van der Waals surface area (Å²) >= 11 is 0. The second kappa shape index (κ2) is 8.44. The van der Waals surface area contributed by atoms with Gasteiger partial charge in [-0.2, -0.15) is 0 Å². The third-order valence-electron chi connectivity index (χ3n) is 5.49. The summed E-state index contributed by atoms with van der Waals surface area (Å²) in [4.78, 5) is 4.27. The number of benzene rings is 4. The maximum Gasteiger partial charge on any atom is 0.129 e. The monoisotopic (exact) mass is 408 g/mol. The number of ether oxygens (including phenoxy) is 1. The van der Waals surface area contributed by atoms with Crippen molar-refractivity contribution in [3.05, 3.63) is 132 Å². The van der Waals surface area contributed by atoms with Crippen molar-refractivity contribution in [2.24, 2.45) is 0 Å². The normalized spacial score (nSPS) is 12.0. The standard InChI is InChI=1S/C27H21FN2O/c28-26-11-4-2-7-22(26)18-31-23-14-12-21(13-15-23)27(30-17-16-29-19-30)25-10-5-8-20-6-1-3-9-24(20)25/h1-17,19,27H,18H2. The van der Waals surface area contributed by atoms with Crippen molar-refractivity contribution in [3.63, 3.8) is 0 Å². The molecule has 1 aromatic heterocycles. The Kier molecular flexibility index (Phi) is 5.19. The molecule has 0 aliphatic rings. The molecule has 0 spiro atoms. The summed E-state index contributed by atoms with van der Waals surface area (Å²) in [6, 6.07) is 29.4. The van der Waals surface area contributed by atoms with Crippen molar-refractivity contribution >= 4 is 10.8 Å². The molecule has 0 N–H and O–H groups in total. The molecular weight excluding hydrogens is 387 g/mol. The third-order valence-corrected chi connectivity index (χ3v) is 5.49. The summed E-state index contributed by atoms with van der Waals surface area (Å²) in [6.45, 7) is 0.195. The van der Waals surface area contributed by atoms with E-state index in [-0.39, 0.29) is 18.5 Å². The van der Waals surface area contributed by atoms with Gasteiger partial charge in [-0.15, -0.1) is 0 Å². The molecule has 1 unspecified atom stereocenters. The van der Waals surface area contributed by atoms with Crippen molar-refractivity contribution in [1.29, 1.82) is 0 Å². The van der Waals surface area contributed by atoms with E-state index < -0.39 is 0 Å². The first-order chi connectivity index (χ1) is 15.3. The van der Waals surface area contributed by atoms with Crippen LogP contribution in [0.15, 0.2) is 110 Å². The summed E-state index contributed by atoms with van der Waals surface area (Å²) in [5.41, 5.74) is 2.86. The van der Waals surface area contributed by atoms with Gasteiger partial charge in [-0.1, -0.05) is 72.8 Å². The summed E-state index contributed by atoms with van der Waals surface area (Å²) < 4.78 is 21.8. The Labute approximate surface area is 180 Å². The van der Waals surface area contributed by atoms with Crippen LogP contribution in [-0.2, 0) is 6.61 Å². The van der Waals surface area contributed by atoms with Crippen molar-refractivity contribution in [2.75, 3.05) is 0 Å². The first-order valence-corrected chi connectivity index (χ1v) is 10.2. The highest BCUT2D eigenvalue weighted by molar-refractivity contribution is 5.86. The smallest absolute Gasteiger partial charge is 0.129 e. The van der Waals surface area contributed by atoms with E-state index in [4.69, 9.17) is 4.74 Å². The molecule has 5 aromatic rings. The van der Waals surface area contributed by atoms with Gasteiger partial charge < -0.3 is 9.30 Å². The molecule has 0 fully saturated rings. The van der Waals surface area contributed by atoms with Crippen LogP contribution in [0.1, 0.15) is 22.7 Å². The highest BCUT2D eigenvalue weighted by Crippen LogP contribution is 2.33. The molecule has 4 heteroatoms. The number of rotatable bonds is 6. The van der Waals surface area contributed by atoms with E-state index in [9.17, 15) is 4.39 Å². The van der Waals surface area contributed by atoms with Crippen LogP contribution in [0.2, 0.25) is 0 Å². The molecule has 0 amide bonds. The Balaban J connectivity index is 1.47. The Morgan fingerprint density at radius 2 is 1.61 bits per heavy atom. The van der Waals surface area contributed by atoms with E-state index in [0.29, 0.717) is 11.3 Å². The molecule has 31 heavy (non-hydrogen) atoms. The van der Waals surface area contributed by atoms with Gasteiger partial charge in [-0.25, -0.2) is 9.37 Å². The fourth-order valence-electron chi connectivity index (χ4n) is 3.95. The molecule has 0 bridgehead atoms. The molecule has 0 radical (unpaired) electrons. The molecule has 1 heterocycles. The average molecular weight is 408 g/mol. The summed E-state index contributed by atoms with van der Waals surface area (Å²) in [5, 5.41) is 2.42. The predicted octanol–water partition coefficient (Wildman–Crippen LogP) is 6.39. The lowest BCUT2D eigenvalue weighted by molar-refractivity contribution is 0.299. The molecule has 0 saturated carbocycles. The van der Waals surface area contributed by atoms with E-state index in [1.54, 1.807) is 18.3 Å². The predicted molar refractivity (Wildman–Crippen MR) is 121 cm³/mol. The van der Waals surface area contributed by atoms with Gasteiger partial charge >= 0.3 is 0 Å². The number of fused-ring (bicyclic) bond motifs is 1. The van der Waals surface area contributed by atoms with Gasteiger partial charge in [0.1, 0.15) is 18.2 Å². The first-order valence-electron chi connectivity index (χ1n) is 10.2. The second-order valence-corrected chi connectivity index (χ2v) is 7.43. The van der Waals surface area contributed by atoms with Gasteiger partial charge in [-0.3, -0.25) is 0 Å². The summed E-state index contributed by atoms with van der Waals surface area (Å²) in [5.74, 6) is 0.449. The number of hydrogen-bond acceptors (Lipinski definition) is 2. The fraction of sp³-hybridized carbons (Fsp3) is 0.0741. The largest absolute Gasteiger partial charge is 0.489 e. The molecule has 152 valence electrons. The van der Waals surface area contributed by atoms with Crippen molar-refractivity contribution in [1.82, 2.24) is 9.55 Å². The minimum atomic E-state index is -0.254. The zero-order chi connectivity index (χ0) is 21.0. The van der Waals surface area contributed by atoms with Crippen LogP contribution in [0.4, 0.5) is 4.39 Å². The van der Waals surface area contributed by atoms with Crippen LogP contribution in [0.25, 0.3) is 10.8 Å². The van der Waals surface area contributed by atoms with Crippen LogP contribution < -0.4 is 4.74 Å². The topological polar surface area (TPSA) is 27.1 Å². The lowest BCUT2D eigenvalue weighted by Gasteiger charge is -2.22. The minimum absolute atomic E-state index is 0.0192. The minimum Gasteiger partial charge on any atom is -0.489 e. The first kappa shape index (κ1) is 19.1. The zero-order valence-electron chi connectivity index (χ0n) is 16.9. The molecule has 0 aliphatic heterocycles. The molecule has 4 aromatic carbocycles. The van der Waals surface area contributed by atoms with Gasteiger partial charge in [0.05, 0.1) is 12.4 Å². The average Bonchev–Trinajstić information content (AvgIpc) is 3.34. The number of halogens is 1. The van der Waals surface area contributed by atoms with E-state index in [1.807, 2.05) is 30.7 Å². The van der Waals surface area contributed by atoms with Crippen molar-refractivity contribution in [3.8, 4) is 5.75 Å². The molecular formula is C27H21FN2O. The highest BCUT2D eigenvalue weighted by Gasteiger charge is 2.18. The Hall–Kier alpha value is -3.92. The van der Waals surface area contributed by atoms with E-state index >= 15 is 0 Å².